The minimum Gasteiger partial charge on any atom is -0.273 e. The average Bonchev–Trinajstić information content (AvgIpc) is 3.00. The normalized spacial score (nSPS) is 14.2. The molecule has 1 N–H and O–H groups in total. The molecule has 3 rings (SSSR count). The minimum absolute atomic E-state index is 0.202. The van der Waals surface area contributed by atoms with Gasteiger partial charge in [-0.25, -0.2) is 13.4 Å². The van der Waals surface area contributed by atoms with Crippen LogP contribution in [0.1, 0.15) is 26.4 Å². The van der Waals surface area contributed by atoms with Crippen molar-refractivity contribution in [3.05, 3.63) is 46.5 Å². The number of rotatable bonds is 5. The largest absolute Gasteiger partial charge is 0.273 e. The van der Waals surface area contributed by atoms with Crippen molar-refractivity contribution in [1.82, 2.24) is 9.88 Å². The van der Waals surface area contributed by atoms with Crippen LogP contribution in [0.5, 0.6) is 0 Å². The van der Waals surface area contributed by atoms with Gasteiger partial charge < -0.3 is 0 Å². The lowest BCUT2D eigenvalue weighted by molar-refractivity contribution is 0.0664. The van der Waals surface area contributed by atoms with E-state index in [1.54, 1.807) is 36.6 Å². The molecule has 0 fully saturated rings. The van der Waals surface area contributed by atoms with Gasteiger partial charge in [0.2, 0.25) is 10.0 Å². The second-order valence-electron chi connectivity index (χ2n) is 5.02. The molecule has 9 heteroatoms. The van der Waals surface area contributed by atoms with Gasteiger partial charge in [0.25, 0.3) is 11.8 Å². The first kappa shape index (κ1) is 15.6. The number of aromatic nitrogens is 1. The Kier molecular flexibility index (Phi) is 3.90. The predicted octanol–water partition coefficient (Wildman–Crippen LogP) is 1.49. The Labute approximate surface area is 137 Å². The number of hydrogen-bond donors (Lipinski definition) is 1. The molecule has 1 aromatic heterocycles. The zero-order valence-electron chi connectivity index (χ0n) is 12.1. The molecule has 0 saturated heterocycles. The molecule has 1 aliphatic heterocycles. The topological polar surface area (TPSA) is 96.4 Å². The van der Waals surface area contributed by atoms with E-state index in [1.807, 2.05) is 0 Å². The van der Waals surface area contributed by atoms with E-state index < -0.39 is 21.8 Å². The van der Waals surface area contributed by atoms with E-state index in [9.17, 15) is 18.0 Å². The van der Waals surface area contributed by atoms with Crippen LogP contribution in [-0.2, 0) is 10.0 Å². The van der Waals surface area contributed by atoms with Gasteiger partial charge in [-0.3, -0.25) is 19.2 Å². The summed E-state index contributed by atoms with van der Waals surface area (Å²) in [5.74, 6) is -1.31. The van der Waals surface area contributed by atoms with Crippen molar-refractivity contribution >= 4 is 38.3 Å². The van der Waals surface area contributed by atoms with E-state index in [-0.39, 0.29) is 17.4 Å². The SMILES string of the molecule is Cc1csc(NS(=O)(=O)CCN2C(=O)c3ccccc3C2=O)n1. The molecule has 0 spiro atoms. The molecule has 0 radical (unpaired) electrons. The summed E-state index contributed by atoms with van der Waals surface area (Å²) in [6.45, 7) is 1.55. The number of nitrogens with one attached hydrogen (secondary N) is 1. The van der Waals surface area contributed by atoms with Crippen LogP contribution in [0.3, 0.4) is 0 Å². The van der Waals surface area contributed by atoms with Crippen LogP contribution in [0.25, 0.3) is 0 Å². The summed E-state index contributed by atoms with van der Waals surface area (Å²) in [4.78, 5) is 29.3. The van der Waals surface area contributed by atoms with Gasteiger partial charge in [0.1, 0.15) is 0 Å². The third kappa shape index (κ3) is 3.10. The van der Waals surface area contributed by atoms with Crippen LogP contribution in [-0.4, -0.2) is 42.4 Å². The summed E-state index contributed by atoms with van der Waals surface area (Å²) < 4.78 is 26.5. The highest BCUT2D eigenvalue weighted by Crippen LogP contribution is 2.22. The second kappa shape index (κ2) is 5.74. The van der Waals surface area contributed by atoms with E-state index in [0.717, 1.165) is 4.90 Å². The van der Waals surface area contributed by atoms with Crippen LogP contribution in [0.15, 0.2) is 29.6 Å². The van der Waals surface area contributed by atoms with E-state index in [2.05, 4.69) is 9.71 Å². The third-order valence-corrected chi connectivity index (χ3v) is 5.55. The number of amides is 2. The minimum atomic E-state index is -3.69. The van der Waals surface area contributed by atoms with E-state index in [0.29, 0.717) is 16.8 Å². The lowest BCUT2D eigenvalue weighted by Crippen LogP contribution is -2.35. The molecular formula is C14H13N3O4S2. The Hall–Kier alpha value is -2.26. The summed E-state index contributed by atoms with van der Waals surface area (Å²) in [5.41, 5.74) is 1.32. The first-order valence-electron chi connectivity index (χ1n) is 6.75. The van der Waals surface area contributed by atoms with Gasteiger partial charge in [0.05, 0.1) is 22.6 Å². The number of benzene rings is 1. The molecule has 1 aliphatic rings. The molecular weight excluding hydrogens is 338 g/mol. The number of carbonyl (C=O) groups is 2. The number of sulfonamides is 1. The van der Waals surface area contributed by atoms with Crippen LogP contribution >= 0.6 is 11.3 Å². The molecule has 0 bridgehead atoms. The fourth-order valence-corrected chi connectivity index (χ4v) is 4.18. The van der Waals surface area contributed by atoms with Crippen molar-refractivity contribution in [3.63, 3.8) is 0 Å². The fourth-order valence-electron chi connectivity index (χ4n) is 2.24. The van der Waals surface area contributed by atoms with Gasteiger partial charge in [0.15, 0.2) is 5.13 Å². The van der Waals surface area contributed by atoms with Crippen LogP contribution in [0.4, 0.5) is 5.13 Å². The Morgan fingerprint density at radius 3 is 2.30 bits per heavy atom. The highest BCUT2D eigenvalue weighted by atomic mass is 32.2. The monoisotopic (exact) mass is 351 g/mol. The smallest absolute Gasteiger partial charge is 0.261 e. The third-order valence-electron chi connectivity index (χ3n) is 3.32. The van der Waals surface area contributed by atoms with Crippen molar-refractivity contribution in [2.75, 3.05) is 17.0 Å². The molecule has 0 saturated carbocycles. The Bertz CT molecular complexity index is 854. The summed E-state index contributed by atoms with van der Waals surface area (Å²) in [6.07, 6.45) is 0. The summed E-state index contributed by atoms with van der Waals surface area (Å²) >= 11 is 1.18. The summed E-state index contributed by atoms with van der Waals surface area (Å²) in [7, 11) is -3.69. The molecule has 0 aliphatic carbocycles. The van der Waals surface area contributed by atoms with Crippen molar-refractivity contribution < 1.29 is 18.0 Å². The van der Waals surface area contributed by atoms with Gasteiger partial charge in [-0.15, -0.1) is 11.3 Å². The van der Waals surface area contributed by atoms with E-state index in [1.165, 1.54) is 11.3 Å². The molecule has 2 heterocycles. The molecule has 120 valence electrons. The number of fused-ring (bicyclic) bond motifs is 1. The number of hydrogen-bond acceptors (Lipinski definition) is 6. The number of thiazole rings is 1. The highest BCUT2D eigenvalue weighted by Gasteiger charge is 2.35. The number of carbonyl (C=O) groups excluding carboxylic acids is 2. The van der Waals surface area contributed by atoms with Crippen molar-refractivity contribution in [1.29, 1.82) is 0 Å². The van der Waals surface area contributed by atoms with Crippen LogP contribution in [0.2, 0.25) is 0 Å². The lowest BCUT2D eigenvalue weighted by Gasteiger charge is -2.13. The average molecular weight is 351 g/mol. The van der Waals surface area contributed by atoms with Crippen molar-refractivity contribution in [2.45, 2.75) is 6.92 Å². The first-order valence-corrected chi connectivity index (χ1v) is 9.28. The standard InChI is InChI=1S/C14H13N3O4S2/c1-9-8-22-14(15-9)16-23(20,21)7-6-17-12(18)10-4-2-3-5-11(10)13(17)19/h2-5,8H,6-7H2,1H3,(H,15,16). The Balaban J connectivity index is 1.69. The zero-order valence-corrected chi connectivity index (χ0v) is 13.8. The molecule has 0 atom stereocenters. The second-order valence-corrected chi connectivity index (χ2v) is 7.72. The molecule has 1 aromatic carbocycles. The fraction of sp³-hybridized carbons (Fsp3) is 0.214. The Morgan fingerprint density at radius 1 is 1.17 bits per heavy atom. The number of anilines is 1. The Morgan fingerprint density at radius 2 is 1.78 bits per heavy atom. The van der Waals surface area contributed by atoms with Gasteiger partial charge in [-0.1, -0.05) is 12.1 Å². The highest BCUT2D eigenvalue weighted by molar-refractivity contribution is 7.92. The molecule has 0 unspecified atom stereocenters. The summed E-state index contributed by atoms with van der Waals surface area (Å²) in [5, 5.41) is 1.99. The van der Waals surface area contributed by atoms with Gasteiger partial charge >= 0.3 is 0 Å². The van der Waals surface area contributed by atoms with Crippen LogP contribution < -0.4 is 4.72 Å². The molecule has 2 aromatic rings. The van der Waals surface area contributed by atoms with Gasteiger partial charge in [-0.05, 0) is 19.1 Å². The van der Waals surface area contributed by atoms with Crippen molar-refractivity contribution in [3.8, 4) is 0 Å². The van der Waals surface area contributed by atoms with Gasteiger partial charge in [-0.2, -0.15) is 0 Å². The molecule has 2 amide bonds. The van der Waals surface area contributed by atoms with Crippen LogP contribution in [0, 0.1) is 6.92 Å². The molecule has 7 nitrogen and oxygen atoms in total. The summed E-state index contributed by atoms with van der Waals surface area (Å²) in [6, 6.07) is 6.44. The van der Waals surface area contributed by atoms with E-state index >= 15 is 0 Å². The quantitative estimate of drug-likeness (QED) is 0.823. The zero-order chi connectivity index (χ0) is 16.6. The number of imide groups is 1. The first-order chi connectivity index (χ1) is 10.9. The lowest BCUT2D eigenvalue weighted by atomic mass is 10.1. The number of aryl methyl sites for hydroxylation is 1. The number of nitrogens with zero attached hydrogens (tertiary/aromatic N) is 2. The van der Waals surface area contributed by atoms with Gasteiger partial charge in [0, 0.05) is 11.9 Å². The predicted molar refractivity (Wildman–Crippen MR) is 86.1 cm³/mol. The van der Waals surface area contributed by atoms with E-state index in [4.69, 9.17) is 0 Å². The molecule has 23 heavy (non-hydrogen) atoms. The maximum atomic E-state index is 12.2. The maximum absolute atomic E-state index is 12.2. The maximum Gasteiger partial charge on any atom is 0.261 e. The van der Waals surface area contributed by atoms with Crippen molar-refractivity contribution in [2.24, 2.45) is 0 Å².